The number of rotatable bonds is 10. The van der Waals surface area contributed by atoms with Gasteiger partial charge in [0.1, 0.15) is 5.75 Å². The lowest BCUT2D eigenvalue weighted by Crippen LogP contribution is -2.51. The van der Waals surface area contributed by atoms with Gasteiger partial charge in [-0.05, 0) is 49.1 Å². The Morgan fingerprint density at radius 3 is 2.50 bits per heavy atom. The van der Waals surface area contributed by atoms with Gasteiger partial charge in [0, 0.05) is 31.7 Å². The van der Waals surface area contributed by atoms with Gasteiger partial charge >= 0.3 is 0 Å². The molecule has 1 saturated heterocycles. The maximum atomic E-state index is 13.4. The summed E-state index contributed by atoms with van der Waals surface area (Å²) >= 11 is 0. The van der Waals surface area contributed by atoms with Crippen LogP contribution in [0.2, 0.25) is 0 Å². The van der Waals surface area contributed by atoms with E-state index in [0.717, 1.165) is 12.8 Å². The van der Waals surface area contributed by atoms with Crippen molar-refractivity contribution in [3.63, 3.8) is 0 Å². The Morgan fingerprint density at radius 1 is 1.03 bits per heavy atom. The van der Waals surface area contributed by atoms with Crippen LogP contribution < -0.4 is 14.2 Å². The van der Waals surface area contributed by atoms with Crippen molar-refractivity contribution in [3.8, 4) is 17.2 Å². The van der Waals surface area contributed by atoms with Crippen LogP contribution in [0.25, 0.3) is 0 Å². The highest BCUT2D eigenvalue weighted by Gasteiger charge is 2.32. The predicted octanol–water partition coefficient (Wildman–Crippen LogP) is 2.86. The molecule has 0 spiro atoms. The number of methoxy groups -OCH3 is 2. The largest absolute Gasteiger partial charge is 0.493 e. The number of para-hydroxylation sites is 1. The second-order valence-corrected chi connectivity index (χ2v) is 8.66. The number of hydrogen-bond acceptors (Lipinski definition) is 6. The van der Waals surface area contributed by atoms with E-state index in [1.165, 1.54) is 0 Å². The molecule has 4 rings (SSSR count). The first-order valence-corrected chi connectivity index (χ1v) is 11.7. The number of morpholine rings is 1. The molecule has 1 unspecified atom stereocenters. The first-order chi connectivity index (χ1) is 16.6. The minimum atomic E-state index is -0.253. The highest BCUT2D eigenvalue weighted by atomic mass is 16.5. The van der Waals surface area contributed by atoms with E-state index in [4.69, 9.17) is 18.9 Å². The van der Waals surface area contributed by atoms with E-state index < -0.39 is 0 Å². The van der Waals surface area contributed by atoms with Crippen LogP contribution in [0.4, 0.5) is 0 Å². The first-order valence-electron chi connectivity index (χ1n) is 11.7. The molecule has 1 aliphatic carbocycles. The van der Waals surface area contributed by atoms with Crippen LogP contribution >= 0.6 is 0 Å². The third-order valence-electron chi connectivity index (χ3n) is 6.11. The summed E-state index contributed by atoms with van der Waals surface area (Å²) in [6, 6.07) is 14.5. The predicted molar refractivity (Wildman–Crippen MR) is 126 cm³/mol. The zero-order valence-electron chi connectivity index (χ0n) is 19.8. The van der Waals surface area contributed by atoms with Gasteiger partial charge in [-0.25, -0.2) is 0 Å². The fraction of sp³-hybridized carbons (Fsp3) is 0.462. The molecule has 1 atom stereocenters. The number of amides is 2. The van der Waals surface area contributed by atoms with Crippen molar-refractivity contribution in [2.45, 2.75) is 18.9 Å². The molecule has 8 heteroatoms. The number of carbonyl (C=O) groups is 2. The van der Waals surface area contributed by atoms with Crippen LogP contribution in [0, 0.1) is 5.92 Å². The Kier molecular flexibility index (Phi) is 7.90. The second-order valence-electron chi connectivity index (χ2n) is 8.66. The van der Waals surface area contributed by atoms with Crippen LogP contribution in [0.1, 0.15) is 23.2 Å². The molecule has 1 aliphatic heterocycles. The molecular formula is C26H32N2O6. The molecule has 1 saturated carbocycles. The van der Waals surface area contributed by atoms with Crippen molar-refractivity contribution in [1.29, 1.82) is 0 Å². The average Bonchev–Trinajstić information content (AvgIpc) is 3.71. The van der Waals surface area contributed by atoms with Gasteiger partial charge in [0.05, 0.1) is 26.9 Å². The van der Waals surface area contributed by atoms with Crippen molar-refractivity contribution >= 4 is 11.8 Å². The molecular weight excluding hydrogens is 436 g/mol. The molecule has 2 amide bonds. The molecule has 1 heterocycles. The maximum absolute atomic E-state index is 13.4. The summed E-state index contributed by atoms with van der Waals surface area (Å²) in [5.41, 5.74) is 0.540. The lowest BCUT2D eigenvalue weighted by Gasteiger charge is -2.36. The highest BCUT2D eigenvalue weighted by Crippen LogP contribution is 2.32. The summed E-state index contributed by atoms with van der Waals surface area (Å²) in [4.78, 5) is 29.7. The molecule has 8 nitrogen and oxygen atoms in total. The third kappa shape index (κ3) is 6.20. The number of carbonyl (C=O) groups excluding carboxylic acids is 2. The Labute approximate surface area is 200 Å². The molecule has 0 radical (unpaired) electrons. The summed E-state index contributed by atoms with van der Waals surface area (Å²) in [5, 5.41) is 0. The van der Waals surface area contributed by atoms with E-state index >= 15 is 0 Å². The number of hydrogen-bond donors (Lipinski definition) is 0. The van der Waals surface area contributed by atoms with Gasteiger partial charge in [0.2, 0.25) is 0 Å². The molecule has 0 aromatic heterocycles. The van der Waals surface area contributed by atoms with Crippen molar-refractivity contribution in [2.24, 2.45) is 5.92 Å². The summed E-state index contributed by atoms with van der Waals surface area (Å²) in [7, 11) is 3.12. The van der Waals surface area contributed by atoms with Crippen molar-refractivity contribution < 1.29 is 28.5 Å². The maximum Gasteiger partial charge on any atom is 0.260 e. The van der Waals surface area contributed by atoms with Gasteiger partial charge in [-0.1, -0.05) is 18.2 Å². The molecule has 2 aliphatic rings. The summed E-state index contributed by atoms with van der Waals surface area (Å²) < 4.78 is 22.2. The topological polar surface area (TPSA) is 77.5 Å². The van der Waals surface area contributed by atoms with Crippen LogP contribution in [-0.2, 0) is 9.53 Å². The summed E-state index contributed by atoms with van der Waals surface area (Å²) in [5.74, 6) is 2.12. The van der Waals surface area contributed by atoms with Crippen LogP contribution in [-0.4, -0.2) is 81.3 Å². The lowest BCUT2D eigenvalue weighted by molar-refractivity contribution is -0.141. The zero-order chi connectivity index (χ0) is 23.9. The summed E-state index contributed by atoms with van der Waals surface area (Å²) in [6.45, 7) is 2.46. The Hall–Kier alpha value is -3.26. The molecule has 0 N–H and O–H groups in total. The van der Waals surface area contributed by atoms with E-state index in [9.17, 15) is 9.59 Å². The fourth-order valence-corrected chi connectivity index (χ4v) is 4.06. The monoisotopic (exact) mass is 468 g/mol. The number of ether oxygens (including phenoxy) is 4. The normalized spacial score (nSPS) is 17.7. The SMILES string of the molecule is COc1ccc(C(=O)N(CC2CC2)CC2CN(C(=O)COc3ccccc3)CCO2)cc1OC. The van der Waals surface area contributed by atoms with Gasteiger partial charge < -0.3 is 28.7 Å². The molecule has 182 valence electrons. The lowest BCUT2D eigenvalue weighted by atomic mass is 10.1. The highest BCUT2D eigenvalue weighted by molar-refractivity contribution is 5.95. The molecule has 2 aromatic carbocycles. The minimum absolute atomic E-state index is 0.0207. The Bertz CT molecular complexity index is 979. The van der Waals surface area contributed by atoms with Gasteiger partial charge in [-0.15, -0.1) is 0 Å². The molecule has 2 aromatic rings. The van der Waals surface area contributed by atoms with Crippen LogP contribution in [0.3, 0.4) is 0 Å². The average molecular weight is 469 g/mol. The van der Waals surface area contributed by atoms with Gasteiger partial charge in [0.15, 0.2) is 18.1 Å². The first kappa shape index (κ1) is 23.9. The number of nitrogens with zero attached hydrogens (tertiary/aromatic N) is 2. The van der Waals surface area contributed by atoms with Gasteiger partial charge in [-0.2, -0.15) is 0 Å². The zero-order valence-corrected chi connectivity index (χ0v) is 19.8. The number of benzene rings is 2. The second kappa shape index (κ2) is 11.2. The Morgan fingerprint density at radius 2 is 1.79 bits per heavy atom. The van der Waals surface area contributed by atoms with E-state index in [1.54, 1.807) is 37.3 Å². The van der Waals surface area contributed by atoms with E-state index in [-0.39, 0.29) is 24.5 Å². The smallest absolute Gasteiger partial charge is 0.260 e. The molecule has 34 heavy (non-hydrogen) atoms. The van der Waals surface area contributed by atoms with E-state index in [1.807, 2.05) is 35.2 Å². The fourth-order valence-electron chi connectivity index (χ4n) is 4.06. The van der Waals surface area contributed by atoms with Crippen LogP contribution in [0.5, 0.6) is 17.2 Å². The third-order valence-corrected chi connectivity index (χ3v) is 6.11. The van der Waals surface area contributed by atoms with Gasteiger partial charge in [0.25, 0.3) is 11.8 Å². The summed E-state index contributed by atoms with van der Waals surface area (Å²) in [6.07, 6.45) is 2.00. The van der Waals surface area contributed by atoms with E-state index in [0.29, 0.717) is 61.5 Å². The molecule has 0 bridgehead atoms. The van der Waals surface area contributed by atoms with Crippen molar-refractivity contribution in [1.82, 2.24) is 9.80 Å². The van der Waals surface area contributed by atoms with Gasteiger partial charge in [-0.3, -0.25) is 9.59 Å². The minimum Gasteiger partial charge on any atom is -0.493 e. The molecule has 2 fully saturated rings. The van der Waals surface area contributed by atoms with Crippen molar-refractivity contribution in [2.75, 3.05) is 53.6 Å². The van der Waals surface area contributed by atoms with Crippen molar-refractivity contribution in [3.05, 3.63) is 54.1 Å². The Balaban J connectivity index is 1.38. The van der Waals surface area contributed by atoms with Crippen LogP contribution in [0.15, 0.2) is 48.5 Å². The standard InChI is InChI=1S/C26H32N2O6/c1-31-23-11-10-20(14-24(23)32-2)26(30)28(15-19-8-9-19)17-22-16-27(12-13-33-22)25(29)18-34-21-6-4-3-5-7-21/h3-7,10-11,14,19,22H,8-9,12-13,15-18H2,1-2H3. The quantitative estimate of drug-likeness (QED) is 0.534. The van der Waals surface area contributed by atoms with E-state index in [2.05, 4.69) is 0 Å².